The van der Waals surface area contributed by atoms with Crippen LogP contribution in [0.3, 0.4) is 0 Å². The summed E-state index contributed by atoms with van der Waals surface area (Å²) in [4.78, 5) is 12.8. The second kappa shape index (κ2) is 6.70. The molecule has 1 N–H and O–H groups in total. The molecule has 0 radical (unpaired) electrons. The highest BCUT2D eigenvalue weighted by Crippen LogP contribution is 2.29. The van der Waals surface area contributed by atoms with E-state index in [0.29, 0.717) is 6.04 Å². The van der Waals surface area contributed by atoms with E-state index in [9.17, 15) is 4.79 Å². The molecule has 8 nitrogen and oxygen atoms in total. The molecule has 24 heavy (non-hydrogen) atoms. The molecule has 1 atom stereocenters. The number of carbonyl (C=O) groups excluding carboxylic acids is 1. The van der Waals surface area contributed by atoms with Crippen molar-refractivity contribution in [2.75, 3.05) is 0 Å². The second-order valence-electron chi connectivity index (χ2n) is 6.81. The molecule has 1 aliphatic carbocycles. The molecule has 2 aliphatic rings. The molecular weight excluding hydrogens is 306 g/mol. The van der Waals surface area contributed by atoms with Crippen LogP contribution in [-0.4, -0.2) is 41.9 Å². The third kappa shape index (κ3) is 3.05. The van der Waals surface area contributed by atoms with Crippen LogP contribution in [0.4, 0.5) is 0 Å². The molecule has 1 fully saturated rings. The first kappa shape index (κ1) is 15.3. The van der Waals surface area contributed by atoms with Gasteiger partial charge in [0.15, 0.2) is 5.82 Å². The molecule has 2 aromatic rings. The summed E-state index contributed by atoms with van der Waals surface area (Å²) in [6.07, 6.45) is 10.8. The lowest BCUT2D eigenvalue weighted by atomic mass is 9.90. The second-order valence-corrected chi connectivity index (χ2v) is 6.81. The number of fused-ring (bicyclic) bond motifs is 1. The van der Waals surface area contributed by atoms with Crippen molar-refractivity contribution >= 4 is 5.91 Å². The van der Waals surface area contributed by atoms with Gasteiger partial charge in [-0.1, -0.05) is 6.42 Å². The van der Waals surface area contributed by atoms with Crippen molar-refractivity contribution in [2.24, 2.45) is 0 Å². The molecule has 4 rings (SSSR count). The molecule has 1 aliphatic heterocycles. The van der Waals surface area contributed by atoms with Crippen LogP contribution >= 0.6 is 0 Å². The maximum atomic E-state index is 12.8. The maximum Gasteiger partial charge on any atom is 0.231 e. The third-order valence-corrected chi connectivity index (χ3v) is 5.24. The summed E-state index contributed by atoms with van der Waals surface area (Å²) in [6, 6.07) is 2.67. The lowest BCUT2D eigenvalue weighted by Gasteiger charge is -2.30. The first-order chi connectivity index (χ1) is 11.8. The molecule has 0 spiro atoms. The van der Waals surface area contributed by atoms with Gasteiger partial charge in [0.05, 0.1) is 12.0 Å². The summed E-state index contributed by atoms with van der Waals surface area (Å²) in [7, 11) is 0. The van der Waals surface area contributed by atoms with Crippen molar-refractivity contribution in [3.8, 4) is 0 Å². The van der Waals surface area contributed by atoms with E-state index >= 15 is 0 Å². The van der Waals surface area contributed by atoms with Gasteiger partial charge in [-0.2, -0.15) is 5.10 Å². The molecule has 0 bridgehead atoms. The summed E-state index contributed by atoms with van der Waals surface area (Å²) in [6.45, 7) is 0.807. The lowest BCUT2D eigenvalue weighted by Crippen LogP contribution is -2.41. The van der Waals surface area contributed by atoms with Crippen LogP contribution in [0, 0.1) is 0 Å². The number of aryl methyl sites for hydroxylation is 1. The Labute approximate surface area is 140 Å². The lowest BCUT2D eigenvalue weighted by molar-refractivity contribution is -0.123. The van der Waals surface area contributed by atoms with Gasteiger partial charge < -0.3 is 5.32 Å². The number of nitrogens with zero attached hydrogens (tertiary/aromatic N) is 6. The number of rotatable bonds is 3. The standard InChI is InChI=1S/C16H23N7O/c24-16(14-4-1-2-10-23-15(14)19-20-21-23)18-12-5-7-13(8-6-12)22-11-3-9-17-22/h3,9,11-14H,1-2,4-8,10H2,(H,18,24). The number of hydrogen-bond acceptors (Lipinski definition) is 5. The van der Waals surface area contributed by atoms with Gasteiger partial charge in [0.25, 0.3) is 0 Å². The molecule has 3 heterocycles. The van der Waals surface area contributed by atoms with E-state index in [2.05, 4.69) is 25.9 Å². The molecule has 128 valence electrons. The van der Waals surface area contributed by atoms with Crippen molar-refractivity contribution < 1.29 is 4.79 Å². The van der Waals surface area contributed by atoms with Gasteiger partial charge >= 0.3 is 0 Å². The molecule has 0 aromatic carbocycles. The average molecular weight is 329 g/mol. The van der Waals surface area contributed by atoms with Gasteiger partial charge in [0, 0.05) is 25.0 Å². The minimum atomic E-state index is -0.216. The highest BCUT2D eigenvalue weighted by Gasteiger charge is 2.31. The van der Waals surface area contributed by atoms with Gasteiger partial charge in [-0.05, 0) is 55.0 Å². The normalized spacial score (nSPS) is 27.2. The number of amides is 1. The van der Waals surface area contributed by atoms with Crippen molar-refractivity contribution in [3.05, 3.63) is 24.3 Å². The van der Waals surface area contributed by atoms with Crippen molar-refractivity contribution in [2.45, 2.75) is 69.5 Å². The Hall–Kier alpha value is -2.25. The molecule has 8 heteroatoms. The fraction of sp³-hybridized carbons (Fsp3) is 0.688. The van der Waals surface area contributed by atoms with Gasteiger partial charge in [-0.15, -0.1) is 5.10 Å². The van der Waals surface area contributed by atoms with Crippen molar-refractivity contribution in [1.82, 2.24) is 35.3 Å². The van der Waals surface area contributed by atoms with E-state index in [1.165, 1.54) is 0 Å². The summed E-state index contributed by atoms with van der Waals surface area (Å²) < 4.78 is 3.82. The van der Waals surface area contributed by atoms with Crippen LogP contribution in [0.1, 0.15) is 62.7 Å². The Morgan fingerprint density at radius 3 is 2.83 bits per heavy atom. The summed E-state index contributed by atoms with van der Waals surface area (Å²) in [5, 5.41) is 19.4. The van der Waals surface area contributed by atoms with Crippen molar-refractivity contribution in [3.63, 3.8) is 0 Å². The number of carbonyl (C=O) groups is 1. The Balaban J connectivity index is 1.36. The highest BCUT2D eigenvalue weighted by molar-refractivity contribution is 5.83. The summed E-state index contributed by atoms with van der Waals surface area (Å²) >= 11 is 0. The van der Waals surface area contributed by atoms with E-state index in [-0.39, 0.29) is 17.9 Å². The van der Waals surface area contributed by atoms with Gasteiger partial charge in [0.1, 0.15) is 0 Å². The predicted molar refractivity (Wildman–Crippen MR) is 86.1 cm³/mol. The van der Waals surface area contributed by atoms with Gasteiger partial charge in [-0.25, -0.2) is 4.68 Å². The number of aromatic nitrogens is 6. The zero-order chi connectivity index (χ0) is 16.4. The Morgan fingerprint density at radius 1 is 1.17 bits per heavy atom. The zero-order valence-electron chi connectivity index (χ0n) is 13.7. The summed E-state index contributed by atoms with van der Waals surface area (Å²) in [5.41, 5.74) is 0. The zero-order valence-corrected chi connectivity index (χ0v) is 13.7. The molecule has 2 aromatic heterocycles. The molecule has 1 saturated carbocycles. The van der Waals surface area contributed by atoms with Crippen molar-refractivity contribution in [1.29, 1.82) is 0 Å². The maximum absolute atomic E-state index is 12.8. The first-order valence-corrected chi connectivity index (χ1v) is 8.87. The predicted octanol–water partition coefficient (Wildman–Crippen LogP) is 1.44. The Kier molecular flexibility index (Phi) is 4.27. The quantitative estimate of drug-likeness (QED) is 0.920. The largest absolute Gasteiger partial charge is 0.353 e. The smallest absolute Gasteiger partial charge is 0.231 e. The van der Waals surface area contributed by atoms with Gasteiger partial charge in [-0.3, -0.25) is 9.48 Å². The van der Waals surface area contributed by atoms with E-state index in [4.69, 9.17) is 0 Å². The van der Waals surface area contributed by atoms with Crippen LogP contribution < -0.4 is 5.32 Å². The SMILES string of the molecule is O=C(NC1CCC(n2cccn2)CC1)C1CCCCn2nnnc21. The average Bonchev–Trinajstić information content (AvgIpc) is 3.25. The molecular formula is C16H23N7O. The highest BCUT2D eigenvalue weighted by atomic mass is 16.2. The van der Waals surface area contributed by atoms with Crippen LogP contribution in [-0.2, 0) is 11.3 Å². The van der Waals surface area contributed by atoms with E-state index in [1.807, 2.05) is 23.1 Å². The van der Waals surface area contributed by atoms with Crippen LogP contribution in [0.2, 0.25) is 0 Å². The van der Waals surface area contributed by atoms with Gasteiger partial charge in [0.2, 0.25) is 5.91 Å². The number of hydrogen-bond donors (Lipinski definition) is 1. The molecule has 1 amide bonds. The number of nitrogens with one attached hydrogen (secondary N) is 1. The monoisotopic (exact) mass is 329 g/mol. The minimum absolute atomic E-state index is 0.0792. The Morgan fingerprint density at radius 2 is 2.04 bits per heavy atom. The molecule has 1 unspecified atom stereocenters. The van der Waals surface area contributed by atoms with E-state index in [1.54, 1.807) is 4.68 Å². The Bertz CT molecular complexity index is 672. The van der Waals surface area contributed by atoms with E-state index in [0.717, 1.165) is 57.3 Å². The number of tetrazole rings is 1. The van der Waals surface area contributed by atoms with Crippen LogP contribution in [0.5, 0.6) is 0 Å². The fourth-order valence-corrected chi connectivity index (χ4v) is 3.89. The minimum Gasteiger partial charge on any atom is -0.353 e. The fourth-order valence-electron chi connectivity index (χ4n) is 3.89. The third-order valence-electron chi connectivity index (χ3n) is 5.24. The summed E-state index contributed by atoms with van der Waals surface area (Å²) in [5.74, 6) is 0.581. The van der Waals surface area contributed by atoms with Crippen LogP contribution in [0.15, 0.2) is 18.5 Å². The molecule has 0 saturated heterocycles. The first-order valence-electron chi connectivity index (χ1n) is 8.87. The topological polar surface area (TPSA) is 90.5 Å². The van der Waals surface area contributed by atoms with Crippen LogP contribution in [0.25, 0.3) is 0 Å². The van der Waals surface area contributed by atoms with E-state index < -0.39 is 0 Å².